The van der Waals surface area contributed by atoms with Crippen LogP contribution in [0.25, 0.3) is 10.8 Å². The van der Waals surface area contributed by atoms with Crippen LogP contribution in [-0.2, 0) is 0 Å². The molecule has 0 aliphatic rings. The van der Waals surface area contributed by atoms with E-state index in [-0.39, 0.29) is 18.7 Å². The summed E-state index contributed by atoms with van der Waals surface area (Å²) < 4.78 is 0. The maximum Gasteiger partial charge on any atom is 0.319 e. The lowest BCUT2D eigenvalue weighted by atomic mass is 10.0. The molecule has 4 nitrogen and oxygen atoms in total. The standard InChI is InChI=1S/C17H22N2O2/c1-12(2)9-16(11-20)19-17(21)18-15-8-7-13-5-3-4-6-14(13)10-15/h3-8,10,12,16,20H,9,11H2,1-2H3,(H2,18,19,21). The Kier molecular flexibility index (Phi) is 5.17. The van der Waals surface area contributed by atoms with E-state index in [1.54, 1.807) is 0 Å². The quantitative estimate of drug-likeness (QED) is 0.789. The zero-order valence-corrected chi connectivity index (χ0v) is 12.5. The maximum absolute atomic E-state index is 12.0. The fraction of sp³-hybridized carbons (Fsp3) is 0.353. The SMILES string of the molecule is CC(C)CC(CO)NC(=O)Nc1ccc2ccccc2c1. The highest BCUT2D eigenvalue weighted by Crippen LogP contribution is 2.18. The Morgan fingerprint density at radius 2 is 1.86 bits per heavy atom. The van der Waals surface area contributed by atoms with Gasteiger partial charge >= 0.3 is 6.03 Å². The Balaban J connectivity index is 2.00. The van der Waals surface area contributed by atoms with E-state index in [0.717, 1.165) is 22.9 Å². The van der Waals surface area contributed by atoms with Gasteiger partial charge in [0.25, 0.3) is 0 Å². The fourth-order valence-corrected chi connectivity index (χ4v) is 2.37. The highest BCUT2D eigenvalue weighted by Gasteiger charge is 2.13. The number of rotatable bonds is 5. The van der Waals surface area contributed by atoms with Crippen molar-refractivity contribution in [2.24, 2.45) is 5.92 Å². The van der Waals surface area contributed by atoms with Crippen LogP contribution in [0.4, 0.5) is 10.5 Å². The number of hydrogen-bond donors (Lipinski definition) is 3. The number of aliphatic hydroxyl groups excluding tert-OH is 1. The molecule has 1 unspecified atom stereocenters. The molecule has 0 aliphatic carbocycles. The van der Waals surface area contributed by atoms with Crippen molar-refractivity contribution < 1.29 is 9.90 Å². The van der Waals surface area contributed by atoms with Crippen LogP contribution >= 0.6 is 0 Å². The number of anilines is 1. The lowest BCUT2D eigenvalue weighted by Gasteiger charge is -2.18. The zero-order chi connectivity index (χ0) is 15.2. The number of carbonyl (C=O) groups excluding carboxylic acids is 1. The Bertz CT molecular complexity index is 611. The molecule has 3 N–H and O–H groups in total. The van der Waals surface area contributed by atoms with Gasteiger partial charge in [-0.3, -0.25) is 0 Å². The predicted octanol–water partition coefficient (Wildman–Crippen LogP) is 3.37. The number of hydrogen-bond acceptors (Lipinski definition) is 2. The van der Waals surface area contributed by atoms with Gasteiger partial charge in [0.2, 0.25) is 0 Å². The van der Waals surface area contributed by atoms with Gasteiger partial charge < -0.3 is 15.7 Å². The second-order valence-corrected chi connectivity index (χ2v) is 5.67. The Morgan fingerprint density at radius 3 is 2.52 bits per heavy atom. The summed E-state index contributed by atoms with van der Waals surface area (Å²) in [4.78, 5) is 12.0. The third kappa shape index (κ3) is 4.46. The summed E-state index contributed by atoms with van der Waals surface area (Å²) >= 11 is 0. The van der Waals surface area contributed by atoms with Gasteiger partial charge in [-0.05, 0) is 35.2 Å². The van der Waals surface area contributed by atoms with Crippen LogP contribution in [-0.4, -0.2) is 23.8 Å². The normalized spacial score (nSPS) is 12.4. The number of carbonyl (C=O) groups is 1. The number of benzene rings is 2. The number of aliphatic hydroxyl groups is 1. The van der Waals surface area contributed by atoms with Crippen molar-refractivity contribution >= 4 is 22.5 Å². The first kappa shape index (κ1) is 15.3. The minimum absolute atomic E-state index is 0.0523. The van der Waals surface area contributed by atoms with E-state index in [1.165, 1.54) is 0 Å². The molecule has 0 saturated heterocycles. The Labute approximate surface area is 125 Å². The predicted molar refractivity (Wildman–Crippen MR) is 86.4 cm³/mol. The van der Waals surface area contributed by atoms with Crippen LogP contribution in [0.1, 0.15) is 20.3 Å². The van der Waals surface area contributed by atoms with E-state index in [2.05, 4.69) is 24.5 Å². The topological polar surface area (TPSA) is 61.4 Å². The summed E-state index contributed by atoms with van der Waals surface area (Å²) in [5.41, 5.74) is 0.743. The van der Waals surface area contributed by atoms with Gasteiger partial charge in [-0.15, -0.1) is 0 Å². The van der Waals surface area contributed by atoms with Crippen molar-refractivity contribution in [2.45, 2.75) is 26.3 Å². The molecule has 0 saturated carbocycles. The molecule has 2 rings (SSSR count). The van der Waals surface area contributed by atoms with Gasteiger partial charge in [0.1, 0.15) is 0 Å². The summed E-state index contributed by atoms with van der Waals surface area (Å²) in [6.07, 6.45) is 0.752. The fourth-order valence-electron chi connectivity index (χ4n) is 2.37. The second kappa shape index (κ2) is 7.09. The van der Waals surface area contributed by atoms with Gasteiger partial charge in [0.15, 0.2) is 0 Å². The third-order valence-electron chi connectivity index (χ3n) is 3.32. The summed E-state index contributed by atoms with van der Waals surface area (Å²) in [7, 11) is 0. The summed E-state index contributed by atoms with van der Waals surface area (Å²) in [6.45, 7) is 4.07. The highest BCUT2D eigenvalue weighted by molar-refractivity contribution is 5.93. The lowest BCUT2D eigenvalue weighted by molar-refractivity contribution is 0.214. The van der Waals surface area contributed by atoms with E-state index >= 15 is 0 Å². The van der Waals surface area contributed by atoms with Crippen molar-refractivity contribution in [3.63, 3.8) is 0 Å². The van der Waals surface area contributed by atoms with Crippen molar-refractivity contribution in [1.29, 1.82) is 0 Å². The molecule has 2 aromatic rings. The van der Waals surface area contributed by atoms with Gasteiger partial charge in [-0.25, -0.2) is 4.79 Å². The summed E-state index contributed by atoms with van der Waals surface area (Å²) in [5, 5.41) is 17.1. The van der Waals surface area contributed by atoms with E-state index < -0.39 is 0 Å². The molecule has 21 heavy (non-hydrogen) atoms. The van der Waals surface area contributed by atoms with Crippen LogP contribution in [0.5, 0.6) is 0 Å². The van der Waals surface area contributed by atoms with E-state index in [9.17, 15) is 9.90 Å². The summed E-state index contributed by atoms with van der Waals surface area (Å²) in [6, 6.07) is 13.3. The number of amides is 2. The van der Waals surface area contributed by atoms with Crippen LogP contribution in [0.15, 0.2) is 42.5 Å². The minimum Gasteiger partial charge on any atom is -0.394 e. The smallest absolute Gasteiger partial charge is 0.319 e. The molecule has 0 fully saturated rings. The first-order valence-electron chi connectivity index (χ1n) is 7.25. The molecule has 0 aromatic heterocycles. The van der Waals surface area contributed by atoms with E-state index in [1.807, 2.05) is 42.5 Å². The molecule has 1 atom stereocenters. The maximum atomic E-state index is 12.0. The number of nitrogens with one attached hydrogen (secondary N) is 2. The van der Waals surface area contributed by atoms with Crippen LogP contribution in [0.3, 0.4) is 0 Å². The molecule has 2 aromatic carbocycles. The average molecular weight is 286 g/mol. The second-order valence-electron chi connectivity index (χ2n) is 5.67. The van der Waals surface area contributed by atoms with Crippen LogP contribution < -0.4 is 10.6 Å². The molecule has 2 amide bonds. The highest BCUT2D eigenvalue weighted by atomic mass is 16.3. The van der Waals surface area contributed by atoms with Gasteiger partial charge in [0, 0.05) is 5.69 Å². The van der Waals surface area contributed by atoms with Gasteiger partial charge in [-0.1, -0.05) is 44.2 Å². The van der Waals surface area contributed by atoms with Crippen LogP contribution in [0, 0.1) is 5.92 Å². The van der Waals surface area contributed by atoms with Crippen molar-refractivity contribution in [3.05, 3.63) is 42.5 Å². The average Bonchev–Trinajstić information content (AvgIpc) is 2.45. The summed E-state index contributed by atoms with van der Waals surface area (Å²) in [5.74, 6) is 0.420. The van der Waals surface area contributed by atoms with E-state index in [0.29, 0.717) is 5.92 Å². The molecule has 0 spiro atoms. The molecule has 4 heteroatoms. The van der Waals surface area contributed by atoms with Crippen molar-refractivity contribution in [1.82, 2.24) is 5.32 Å². The first-order chi connectivity index (χ1) is 10.1. The Morgan fingerprint density at radius 1 is 1.14 bits per heavy atom. The Hall–Kier alpha value is -2.07. The molecule has 112 valence electrons. The monoisotopic (exact) mass is 286 g/mol. The largest absolute Gasteiger partial charge is 0.394 e. The number of fused-ring (bicyclic) bond motifs is 1. The van der Waals surface area contributed by atoms with Gasteiger partial charge in [-0.2, -0.15) is 0 Å². The minimum atomic E-state index is -0.287. The molecule has 0 heterocycles. The number of urea groups is 1. The van der Waals surface area contributed by atoms with Crippen molar-refractivity contribution in [2.75, 3.05) is 11.9 Å². The van der Waals surface area contributed by atoms with Gasteiger partial charge in [0.05, 0.1) is 12.6 Å². The van der Waals surface area contributed by atoms with Crippen molar-refractivity contribution in [3.8, 4) is 0 Å². The lowest BCUT2D eigenvalue weighted by Crippen LogP contribution is -2.40. The molecule has 0 aliphatic heterocycles. The molecular weight excluding hydrogens is 264 g/mol. The van der Waals surface area contributed by atoms with Crippen LogP contribution in [0.2, 0.25) is 0 Å². The van der Waals surface area contributed by atoms with E-state index in [4.69, 9.17) is 0 Å². The zero-order valence-electron chi connectivity index (χ0n) is 12.5. The third-order valence-corrected chi connectivity index (χ3v) is 3.32. The molecule has 0 radical (unpaired) electrons. The molecule has 0 bridgehead atoms. The first-order valence-corrected chi connectivity index (χ1v) is 7.25. The molecular formula is C17H22N2O2.